The predicted molar refractivity (Wildman–Crippen MR) is 74.5 cm³/mol. The van der Waals surface area contributed by atoms with E-state index in [4.69, 9.17) is 14.3 Å². The Bertz CT molecular complexity index is 626. The fourth-order valence-electron chi connectivity index (χ4n) is 1.71. The summed E-state index contributed by atoms with van der Waals surface area (Å²) in [6, 6.07) is 7.53. The lowest BCUT2D eigenvalue weighted by atomic mass is 10.2. The molecule has 2 rings (SSSR count). The van der Waals surface area contributed by atoms with Crippen LogP contribution in [0.4, 0.5) is 0 Å². The Morgan fingerprint density at radius 2 is 2.05 bits per heavy atom. The molecule has 5 heteroatoms. The first-order valence-corrected chi connectivity index (χ1v) is 6.08. The number of aliphatic carboxylic acids is 1. The van der Waals surface area contributed by atoms with E-state index in [-0.39, 0.29) is 6.42 Å². The van der Waals surface area contributed by atoms with Gasteiger partial charge in [0.05, 0.1) is 19.2 Å². The predicted octanol–water partition coefficient (Wildman–Crippen LogP) is 2.79. The molecule has 1 heterocycles. The van der Waals surface area contributed by atoms with Gasteiger partial charge in [0.2, 0.25) is 5.89 Å². The second-order valence-corrected chi connectivity index (χ2v) is 4.23. The van der Waals surface area contributed by atoms with Gasteiger partial charge in [-0.25, -0.2) is 4.98 Å². The van der Waals surface area contributed by atoms with E-state index < -0.39 is 5.97 Å². The Labute approximate surface area is 116 Å². The Morgan fingerprint density at radius 3 is 2.65 bits per heavy atom. The maximum atomic E-state index is 10.7. The number of nitrogens with zero attached hydrogens (tertiary/aromatic N) is 1. The van der Waals surface area contributed by atoms with Gasteiger partial charge in [-0.3, -0.25) is 4.79 Å². The fourth-order valence-corrected chi connectivity index (χ4v) is 1.71. The van der Waals surface area contributed by atoms with Gasteiger partial charge in [-0.2, -0.15) is 0 Å². The molecule has 0 saturated heterocycles. The molecule has 0 aliphatic rings. The molecule has 0 atom stereocenters. The van der Waals surface area contributed by atoms with Crippen molar-refractivity contribution < 1.29 is 19.1 Å². The quantitative estimate of drug-likeness (QED) is 0.906. The maximum absolute atomic E-state index is 10.7. The lowest BCUT2D eigenvalue weighted by Gasteiger charge is -1.98. The number of oxazole rings is 1. The van der Waals surface area contributed by atoms with Crippen LogP contribution in [-0.2, 0) is 11.2 Å². The number of benzene rings is 1. The first-order chi connectivity index (χ1) is 9.58. The molecule has 0 fully saturated rings. The second-order valence-electron chi connectivity index (χ2n) is 4.23. The van der Waals surface area contributed by atoms with E-state index in [1.54, 1.807) is 20.1 Å². The Kier molecular flexibility index (Phi) is 4.20. The number of methoxy groups -OCH3 is 1. The van der Waals surface area contributed by atoms with Crippen LogP contribution in [-0.4, -0.2) is 23.2 Å². The van der Waals surface area contributed by atoms with Crippen LogP contribution in [0.2, 0.25) is 0 Å². The van der Waals surface area contributed by atoms with E-state index in [2.05, 4.69) is 4.98 Å². The number of carbonyl (C=O) groups is 1. The van der Waals surface area contributed by atoms with Crippen LogP contribution in [0.25, 0.3) is 12.2 Å². The van der Waals surface area contributed by atoms with Crippen LogP contribution in [0.15, 0.2) is 28.7 Å². The van der Waals surface area contributed by atoms with Gasteiger partial charge < -0.3 is 14.3 Å². The Balaban J connectivity index is 2.12. The summed E-state index contributed by atoms with van der Waals surface area (Å²) >= 11 is 0. The molecular weight excluding hydrogens is 258 g/mol. The van der Waals surface area contributed by atoms with Gasteiger partial charge in [0.25, 0.3) is 0 Å². The highest BCUT2D eigenvalue weighted by Gasteiger charge is 2.10. The average molecular weight is 273 g/mol. The summed E-state index contributed by atoms with van der Waals surface area (Å²) < 4.78 is 10.5. The zero-order valence-electron chi connectivity index (χ0n) is 11.3. The van der Waals surface area contributed by atoms with E-state index >= 15 is 0 Å². The van der Waals surface area contributed by atoms with Crippen molar-refractivity contribution in [2.45, 2.75) is 13.3 Å². The molecule has 5 nitrogen and oxygen atoms in total. The van der Waals surface area contributed by atoms with Crippen molar-refractivity contribution >= 4 is 18.1 Å². The van der Waals surface area contributed by atoms with Crippen molar-refractivity contribution in [1.29, 1.82) is 0 Å². The summed E-state index contributed by atoms with van der Waals surface area (Å²) in [5.74, 6) is 0.793. The molecule has 0 saturated carbocycles. The molecule has 0 bridgehead atoms. The van der Waals surface area contributed by atoms with E-state index in [0.29, 0.717) is 17.3 Å². The molecule has 104 valence electrons. The fraction of sp³-hybridized carbons (Fsp3) is 0.200. The van der Waals surface area contributed by atoms with Crippen LogP contribution >= 0.6 is 0 Å². The van der Waals surface area contributed by atoms with Gasteiger partial charge >= 0.3 is 5.97 Å². The number of ether oxygens (including phenoxy) is 1. The van der Waals surface area contributed by atoms with E-state index in [1.807, 2.05) is 30.3 Å². The third-order valence-corrected chi connectivity index (χ3v) is 2.76. The molecular formula is C15H15NO4. The van der Waals surface area contributed by atoms with Crippen LogP contribution in [0, 0.1) is 6.92 Å². The number of rotatable bonds is 5. The van der Waals surface area contributed by atoms with E-state index in [1.165, 1.54) is 0 Å². The maximum Gasteiger partial charge on any atom is 0.309 e. The van der Waals surface area contributed by atoms with Gasteiger partial charge in [0, 0.05) is 6.08 Å². The molecule has 20 heavy (non-hydrogen) atoms. The van der Waals surface area contributed by atoms with Gasteiger partial charge in [-0.05, 0) is 30.7 Å². The summed E-state index contributed by atoms with van der Waals surface area (Å²) in [6.45, 7) is 1.70. The second kappa shape index (κ2) is 6.06. The summed E-state index contributed by atoms with van der Waals surface area (Å²) in [5, 5.41) is 8.75. The van der Waals surface area contributed by atoms with Crippen molar-refractivity contribution in [2.24, 2.45) is 0 Å². The minimum Gasteiger partial charge on any atom is -0.497 e. The molecule has 1 aromatic heterocycles. The van der Waals surface area contributed by atoms with Crippen LogP contribution < -0.4 is 4.74 Å². The Hall–Kier alpha value is -2.56. The SMILES string of the molecule is COc1ccc(/C=C/c2nc(CC(=O)O)c(C)o2)cc1. The average Bonchev–Trinajstić information content (AvgIpc) is 2.77. The molecule has 0 amide bonds. The third kappa shape index (κ3) is 3.47. The number of hydrogen-bond acceptors (Lipinski definition) is 4. The van der Waals surface area contributed by atoms with Gasteiger partial charge in [0.15, 0.2) is 0 Å². The summed E-state index contributed by atoms with van der Waals surface area (Å²) in [5.41, 5.74) is 1.42. The van der Waals surface area contributed by atoms with Gasteiger partial charge in [-0.1, -0.05) is 12.1 Å². The van der Waals surface area contributed by atoms with E-state index in [0.717, 1.165) is 11.3 Å². The highest BCUT2D eigenvalue weighted by atomic mass is 16.5. The van der Waals surface area contributed by atoms with Gasteiger partial charge in [0.1, 0.15) is 11.5 Å². The third-order valence-electron chi connectivity index (χ3n) is 2.76. The lowest BCUT2D eigenvalue weighted by molar-refractivity contribution is -0.136. The minimum atomic E-state index is -0.924. The number of aryl methyl sites for hydroxylation is 1. The number of carboxylic acids is 1. The first kappa shape index (κ1) is 13.9. The molecule has 0 aliphatic heterocycles. The Morgan fingerprint density at radius 1 is 1.35 bits per heavy atom. The molecule has 0 spiro atoms. The van der Waals surface area contributed by atoms with Crippen molar-refractivity contribution in [3.05, 3.63) is 47.2 Å². The first-order valence-electron chi connectivity index (χ1n) is 6.08. The molecule has 0 radical (unpaired) electrons. The number of aromatic nitrogens is 1. The van der Waals surface area contributed by atoms with Crippen LogP contribution in [0.3, 0.4) is 0 Å². The highest BCUT2D eigenvalue weighted by molar-refractivity contribution is 5.70. The molecule has 1 N–H and O–H groups in total. The van der Waals surface area contributed by atoms with Crippen molar-refractivity contribution in [2.75, 3.05) is 7.11 Å². The summed E-state index contributed by atoms with van der Waals surface area (Å²) in [6.07, 6.45) is 3.42. The minimum absolute atomic E-state index is 0.133. The van der Waals surface area contributed by atoms with Crippen LogP contribution in [0.5, 0.6) is 5.75 Å². The van der Waals surface area contributed by atoms with E-state index in [9.17, 15) is 4.79 Å². The molecule has 1 aromatic carbocycles. The molecule has 0 unspecified atom stereocenters. The van der Waals surface area contributed by atoms with Crippen molar-refractivity contribution in [3.63, 3.8) is 0 Å². The number of carboxylic acid groups (broad SMARTS) is 1. The monoisotopic (exact) mass is 273 g/mol. The van der Waals surface area contributed by atoms with Crippen LogP contribution in [0.1, 0.15) is 22.9 Å². The largest absolute Gasteiger partial charge is 0.497 e. The normalized spacial score (nSPS) is 10.9. The lowest BCUT2D eigenvalue weighted by Crippen LogP contribution is -2.01. The molecule has 0 aliphatic carbocycles. The zero-order valence-corrected chi connectivity index (χ0v) is 11.3. The van der Waals surface area contributed by atoms with Crippen molar-refractivity contribution in [3.8, 4) is 5.75 Å². The van der Waals surface area contributed by atoms with Crippen molar-refractivity contribution in [1.82, 2.24) is 4.98 Å². The highest BCUT2D eigenvalue weighted by Crippen LogP contribution is 2.16. The topological polar surface area (TPSA) is 72.6 Å². The zero-order chi connectivity index (χ0) is 14.5. The van der Waals surface area contributed by atoms with Gasteiger partial charge in [-0.15, -0.1) is 0 Å². The summed E-state index contributed by atoms with van der Waals surface area (Å²) in [4.78, 5) is 14.8. The number of hydrogen-bond donors (Lipinski definition) is 1. The molecule has 2 aromatic rings. The summed E-state index contributed by atoms with van der Waals surface area (Å²) in [7, 11) is 1.62. The smallest absolute Gasteiger partial charge is 0.309 e. The standard InChI is InChI=1S/C15H15NO4/c1-10-13(9-15(17)18)16-14(20-10)8-5-11-3-6-12(19-2)7-4-11/h3-8H,9H2,1-2H3,(H,17,18)/b8-5+.